The molecule has 3 heterocycles. The van der Waals surface area contributed by atoms with Crippen LogP contribution in [0.25, 0.3) is 0 Å². The van der Waals surface area contributed by atoms with Gasteiger partial charge in [0.25, 0.3) is 0 Å². The summed E-state index contributed by atoms with van der Waals surface area (Å²) >= 11 is 1.64. The SMILES string of the molecule is Cc1nc(C)c(CNC(=O)C2(n3cccn3)CCNCC2)s1. The summed E-state index contributed by atoms with van der Waals surface area (Å²) in [6, 6.07) is 1.87. The number of aromatic nitrogens is 3. The molecular weight excluding hydrogens is 298 g/mol. The van der Waals surface area contributed by atoms with Gasteiger partial charge in [-0.3, -0.25) is 9.48 Å². The minimum absolute atomic E-state index is 0.0446. The molecule has 22 heavy (non-hydrogen) atoms. The Morgan fingerprint density at radius 3 is 2.82 bits per heavy atom. The lowest BCUT2D eigenvalue weighted by Gasteiger charge is -2.36. The second kappa shape index (κ2) is 6.18. The number of piperidine rings is 1. The summed E-state index contributed by atoms with van der Waals surface area (Å²) in [4.78, 5) is 18.4. The molecule has 0 atom stereocenters. The first kappa shape index (κ1) is 15.2. The van der Waals surface area contributed by atoms with Crippen LogP contribution in [-0.2, 0) is 16.9 Å². The number of hydrogen-bond donors (Lipinski definition) is 2. The van der Waals surface area contributed by atoms with Crippen molar-refractivity contribution in [3.63, 3.8) is 0 Å². The van der Waals surface area contributed by atoms with E-state index in [1.807, 2.05) is 30.8 Å². The minimum atomic E-state index is -0.581. The van der Waals surface area contributed by atoms with E-state index in [-0.39, 0.29) is 5.91 Å². The van der Waals surface area contributed by atoms with Crippen LogP contribution in [0.1, 0.15) is 28.4 Å². The van der Waals surface area contributed by atoms with Gasteiger partial charge in [0, 0.05) is 17.3 Å². The molecule has 118 valence electrons. The normalized spacial score (nSPS) is 17.4. The van der Waals surface area contributed by atoms with Gasteiger partial charge in [0.05, 0.1) is 17.2 Å². The van der Waals surface area contributed by atoms with Gasteiger partial charge in [0.2, 0.25) is 5.91 Å². The molecular formula is C15H21N5OS. The van der Waals surface area contributed by atoms with Crippen LogP contribution in [-0.4, -0.2) is 33.8 Å². The maximum atomic E-state index is 12.9. The smallest absolute Gasteiger partial charge is 0.248 e. The number of carbonyl (C=O) groups is 1. The van der Waals surface area contributed by atoms with Crippen molar-refractivity contribution in [3.05, 3.63) is 34.0 Å². The molecule has 1 aliphatic rings. The molecule has 7 heteroatoms. The van der Waals surface area contributed by atoms with Crippen molar-refractivity contribution in [2.45, 2.75) is 38.8 Å². The van der Waals surface area contributed by atoms with E-state index >= 15 is 0 Å². The number of hydrogen-bond acceptors (Lipinski definition) is 5. The Morgan fingerprint density at radius 1 is 1.45 bits per heavy atom. The Kier molecular flexibility index (Phi) is 4.26. The van der Waals surface area contributed by atoms with Crippen LogP contribution < -0.4 is 10.6 Å². The summed E-state index contributed by atoms with van der Waals surface area (Å²) in [6.07, 6.45) is 5.11. The first-order valence-electron chi connectivity index (χ1n) is 7.54. The van der Waals surface area contributed by atoms with Gasteiger partial charge in [0.15, 0.2) is 0 Å². The van der Waals surface area contributed by atoms with Crippen LogP contribution in [0.15, 0.2) is 18.5 Å². The van der Waals surface area contributed by atoms with E-state index in [2.05, 4.69) is 20.7 Å². The number of carbonyl (C=O) groups excluding carboxylic acids is 1. The number of nitrogens with one attached hydrogen (secondary N) is 2. The van der Waals surface area contributed by atoms with E-state index in [1.54, 1.807) is 17.5 Å². The molecule has 0 saturated carbocycles. The van der Waals surface area contributed by atoms with Gasteiger partial charge in [-0.15, -0.1) is 11.3 Å². The summed E-state index contributed by atoms with van der Waals surface area (Å²) in [5.74, 6) is 0.0446. The fourth-order valence-electron chi connectivity index (χ4n) is 2.99. The molecule has 0 unspecified atom stereocenters. The molecule has 2 aromatic heterocycles. The fourth-order valence-corrected chi connectivity index (χ4v) is 3.86. The highest BCUT2D eigenvalue weighted by molar-refractivity contribution is 7.11. The first-order valence-corrected chi connectivity index (χ1v) is 8.35. The Labute approximate surface area is 133 Å². The lowest BCUT2D eigenvalue weighted by molar-refractivity contribution is -0.132. The summed E-state index contributed by atoms with van der Waals surface area (Å²) in [6.45, 7) is 6.16. The number of thiazole rings is 1. The van der Waals surface area contributed by atoms with Gasteiger partial charge < -0.3 is 10.6 Å². The summed E-state index contributed by atoms with van der Waals surface area (Å²) in [5, 5.41) is 11.8. The van der Waals surface area contributed by atoms with Crippen molar-refractivity contribution in [2.75, 3.05) is 13.1 Å². The van der Waals surface area contributed by atoms with E-state index in [0.29, 0.717) is 6.54 Å². The molecule has 2 N–H and O–H groups in total. The molecule has 6 nitrogen and oxygen atoms in total. The highest BCUT2D eigenvalue weighted by Gasteiger charge is 2.41. The highest BCUT2D eigenvalue weighted by atomic mass is 32.1. The Morgan fingerprint density at radius 2 is 2.23 bits per heavy atom. The Balaban J connectivity index is 1.77. The third-order valence-corrected chi connectivity index (χ3v) is 5.28. The monoisotopic (exact) mass is 319 g/mol. The largest absolute Gasteiger partial charge is 0.349 e. The average molecular weight is 319 g/mol. The molecule has 0 spiro atoms. The van der Waals surface area contributed by atoms with Crippen LogP contribution in [0.2, 0.25) is 0 Å². The van der Waals surface area contributed by atoms with Crippen LogP contribution in [0.5, 0.6) is 0 Å². The van der Waals surface area contributed by atoms with Gasteiger partial charge in [-0.2, -0.15) is 5.10 Å². The summed E-state index contributed by atoms with van der Waals surface area (Å²) < 4.78 is 1.81. The predicted molar refractivity (Wildman–Crippen MR) is 85.7 cm³/mol. The van der Waals surface area contributed by atoms with E-state index < -0.39 is 5.54 Å². The number of amides is 1. The molecule has 1 saturated heterocycles. The molecule has 0 aromatic carbocycles. The third kappa shape index (κ3) is 2.78. The van der Waals surface area contributed by atoms with Crippen LogP contribution in [0.3, 0.4) is 0 Å². The summed E-state index contributed by atoms with van der Waals surface area (Å²) in [5.41, 5.74) is 0.420. The molecule has 1 amide bonds. The quantitative estimate of drug-likeness (QED) is 0.892. The highest BCUT2D eigenvalue weighted by Crippen LogP contribution is 2.27. The fraction of sp³-hybridized carbons (Fsp3) is 0.533. The molecule has 1 aliphatic heterocycles. The Hall–Kier alpha value is -1.73. The topological polar surface area (TPSA) is 71.8 Å². The van der Waals surface area contributed by atoms with Crippen molar-refractivity contribution in [1.82, 2.24) is 25.4 Å². The van der Waals surface area contributed by atoms with E-state index in [0.717, 1.165) is 41.5 Å². The van der Waals surface area contributed by atoms with Crippen molar-refractivity contribution >= 4 is 17.2 Å². The molecule has 2 aromatic rings. The Bertz CT molecular complexity index is 643. The van der Waals surface area contributed by atoms with Crippen molar-refractivity contribution in [1.29, 1.82) is 0 Å². The van der Waals surface area contributed by atoms with Crippen LogP contribution >= 0.6 is 11.3 Å². The van der Waals surface area contributed by atoms with Crippen molar-refractivity contribution in [2.24, 2.45) is 0 Å². The van der Waals surface area contributed by atoms with E-state index in [9.17, 15) is 4.79 Å². The standard InChI is InChI=1S/C15H21N5OS/c1-11-13(22-12(2)19-11)10-17-14(21)15(4-7-16-8-5-15)20-9-3-6-18-20/h3,6,9,16H,4-5,7-8,10H2,1-2H3,(H,17,21). The maximum Gasteiger partial charge on any atom is 0.248 e. The molecule has 0 aliphatic carbocycles. The van der Waals surface area contributed by atoms with Crippen molar-refractivity contribution in [3.8, 4) is 0 Å². The van der Waals surface area contributed by atoms with E-state index in [1.165, 1.54) is 0 Å². The van der Waals surface area contributed by atoms with Crippen LogP contribution in [0.4, 0.5) is 0 Å². The number of aryl methyl sites for hydroxylation is 2. The predicted octanol–water partition coefficient (Wildman–Crippen LogP) is 1.35. The zero-order valence-electron chi connectivity index (χ0n) is 12.9. The zero-order valence-corrected chi connectivity index (χ0v) is 13.7. The van der Waals surface area contributed by atoms with Gasteiger partial charge in [0.1, 0.15) is 5.54 Å². The number of rotatable bonds is 4. The third-order valence-electron chi connectivity index (χ3n) is 4.21. The zero-order chi connectivity index (χ0) is 15.6. The minimum Gasteiger partial charge on any atom is -0.349 e. The van der Waals surface area contributed by atoms with Crippen molar-refractivity contribution < 1.29 is 4.79 Å². The maximum absolute atomic E-state index is 12.9. The lowest BCUT2D eigenvalue weighted by Crippen LogP contribution is -2.54. The first-order chi connectivity index (χ1) is 10.6. The molecule has 3 rings (SSSR count). The van der Waals surface area contributed by atoms with E-state index in [4.69, 9.17) is 0 Å². The van der Waals surface area contributed by atoms with Gasteiger partial charge in [-0.25, -0.2) is 4.98 Å². The molecule has 0 radical (unpaired) electrons. The van der Waals surface area contributed by atoms with Gasteiger partial charge in [-0.1, -0.05) is 0 Å². The van der Waals surface area contributed by atoms with Gasteiger partial charge >= 0.3 is 0 Å². The molecule has 0 bridgehead atoms. The lowest BCUT2D eigenvalue weighted by atomic mass is 9.87. The average Bonchev–Trinajstić information content (AvgIpc) is 3.15. The van der Waals surface area contributed by atoms with Crippen LogP contribution in [0, 0.1) is 13.8 Å². The molecule has 1 fully saturated rings. The van der Waals surface area contributed by atoms with Gasteiger partial charge in [-0.05, 0) is 45.8 Å². The second-order valence-corrected chi connectivity index (χ2v) is 6.94. The number of nitrogens with zero attached hydrogens (tertiary/aromatic N) is 3. The summed E-state index contributed by atoms with van der Waals surface area (Å²) in [7, 11) is 0. The second-order valence-electron chi connectivity index (χ2n) is 5.66.